The van der Waals surface area contributed by atoms with Gasteiger partial charge in [-0.1, -0.05) is 11.6 Å². The van der Waals surface area contributed by atoms with Gasteiger partial charge in [0.15, 0.2) is 0 Å². The second-order valence-corrected chi connectivity index (χ2v) is 4.50. The Morgan fingerprint density at radius 2 is 2.41 bits per heavy atom. The van der Waals surface area contributed by atoms with Crippen LogP contribution in [0.4, 0.5) is 4.39 Å². The van der Waals surface area contributed by atoms with E-state index >= 15 is 0 Å². The van der Waals surface area contributed by atoms with Gasteiger partial charge in [-0.3, -0.25) is 4.90 Å². The maximum absolute atomic E-state index is 13.0. The predicted octanol–water partition coefficient (Wildman–Crippen LogP) is 1.98. The summed E-state index contributed by atoms with van der Waals surface area (Å²) in [6.07, 6.45) is -0.254. The first kappa shape index (κ1) is 12.3. The van der Waals surface area contributed by atoms with Crippen LogP contribution >= 0.6 is 11.6 Å². The smallest absolute Gasteiger partial charge is 0.354 e. The van der Waals surface area contributed by atoms with E-state index in [1.165, 1.54) is 6.07 Å². The second-order valence-electron chi connectivity index (χ2n) is 4.11. The molecule has 92 valence electrons. The summed E-state index contributed by atoms with van der Waals surface area (Å²) in [4.78, 5) is 16.4. The maximum Gasteiger partial charge on any atom is 0.354 e. The molecule has 1 aliphatic heterocycles. The fourth-order valence-corrected chi connectivity index (χ4v) is 2.17. The normalized spacial score (nSPS) is 20.7. The van der Waals surface area contributed by atoms with Crippen molar-refractivity contribution in [2.75, 3.05) is 13.1 Å². The highest BCUT2D eigenvalue weighted by molar-refractivity contribution is 6.29. The SMILES string of the molecule is O=C(O)c1cc(CN2CC[C@H](F)C2)cc(Cl)n1. The summed E-state index contributed by atoms with van der Waals surface area (Å²) < 4.78 is 13.0. The topological polar surface area (TPSA) is 53.4 Å². The number of alkyl halides is 1. The molecule has 2 rings (SSSR count). The van der Waals surface area contributed by atoms with Crippen molar-refractivity contribution in [2.24, 2.45) is 0 Å². The molecule has 0 unspecified atom stereocenters. The van der Waals surface area contributed by atoms with E-state index in [1.54, 1.807) is 6.07 Å². The lowest BCUT2D eigenvalue weighted by Crippen LogP contribution is -2.20. The molecule has 0 bridgehead atoms. The molecule has 0 saturated carbocycles. The molecule has 0 amide bonds. The van der Waals surface area contributed by atoms with Gasteiger partial charge < -0.3 is 5.11 Å². The molecule has 1 saturated heterocycles. The van der Waals surface area contributed by atoms with Crippen molar-refractivity contribution in [2.45, 2.75) is 19.1 Å². The van der Waals surface area contributed by atoms with Gasteiger partial charge in [0, 0.05) is 19.6 Å². The molecular weight excluding hydrogens is 247 g/mol. The number of aromatic nitrogens is 1. The zero-order valence-electron chi connectivity index (χ0n) is 9.07. The molecule has 6 heteroatoms. The summed E-state index contributed by atoms with van der Waals surface area (Å²) in [6, 6.07) is 3.08. The number of pyridine rings is 1. The lowest BCUT2D eigenvalue weighted by atomic mass is 10.2. The Kier molecular flexibility index (Phi) is 3.59. The Labute approximate surface area is 103 Å². The molecule has 1 fully saturated rings. The molecule has 17 heavy (non-hydrogen) atoms. The van der Waals surface area contributed by atoms with Crippen molar-refractivity contribution < 1.29 is 14.3 Å². The summed E-state index contributed by atoms with van der Waals surface area (Å²) in [5.74, 6) is -1.11. The van der Waals surface area contributed by atoms with Crippen LogP contribution in [0.5, 0.6) is 0 Å². The van der Waals surface area contributed by atoms with Crippen LogP contribution in [0.25, 0.3) is 0 Å². The summed E-state index contributed by atoms with van der Waals surface area (Å²) >= 11 is 5.74. The van der Waals surface area contributed by atoms with Crippen molar-refractivity contribution in [3.8, 4) is 0 Å². The van der Waals surface area contributed by atoms with E-state index in [-0.39, 0.29) is 10.8 Å². The van der Waals surface area contributed by atoms with E-state index < -0.39 is 12.1 Å². The first-order valence-electron chi connectivity index (χ1n) is 5.31. The summed E-state index contributed by atoms with van der Waals surface area (Å²) in [5.41, 5.74) is 0.667. The molecule has 2 heterocycles. The van der Waals surface area contributed by atoms with E-state index in [4.69, 9.17) is 16.7 Å². The third-order valence-corrected chi connectivity index (χ3v) is 2.89. The molecule has 1 aromatic heterocycles. The fraction of sp³-hybridized carbons (Fsp3) is 0.455. The summed E-state index contributed by atoms with van der Waals surface area (Å²) in [7, 11) is 0. The first-order chi connectivity index (χ1) is 8.04. The molecule has 1 aromatic rings. The standard InChI is InChI=1S/C11H12ClFN2O2/c12-10-4-7(3-9(14-10)11(16)17)5-15-2-1-8(13)6-15/h3-4,8H,1-2,5-6H2,(H,16,17)/t8-/m0/s1. The fourth-order valence-electron chi connectivity index (χ4n) is 1.94. The molecule has 4 nitrogen and oxygen atoms in total. The van der Waals surface area contributed by atoms with E-state index in [9.17, 15) is 9.18 Å². The van der Waals surface area contributed by atoms with Gasteiger partial charge in [0.1, 0.15) is 17.0 Å². The molecule has 1 N–H and O–H groups in total. The first-order valence-corrected chi connectivity index (χ1v) is 5.68. The van der Waals surface area contributed by atoms with E-state index in [0.29, 0.717) is 26.1 Å². The van der Waals surface area contributed by atoms with Crippen LogP contribution in [-0.2, 0) is 6.54 Å². The molecular formula is C11H12ClFN2O2. The van der Waals surface area contributed by atoms with Crippen LogP contribution in [0, 0.1) is 0 Å². The van der Waals surface area contributed by atoms with Crippen molar-refractivity contribution in [3.05, 3.63) is 28.5 Å². The number of rotatable bonds is 3. The van der Waals surface area contributed by atoms with E-state index in [2.05, 4.69) is 4.98 Å². The zero-order chi connectivity index (χ0) is 12.4. The van der Waals surface area contributed by atoms with Gasteiger partial charge in [0.05, 0.1) is 0 Å². The average molecular weight is 259 g/mol. The van der Waals surface area contributed by atoms with Gasteiger partial charge in [0.25, 0.3) is 0 Å². The minimum atomic E-state index is -1.11. The third-order valence-electron chi connectivity index (χ3n) is 2.69. The Morgan fingerprint density at radius 3 is 3.00 bits per heavy atom. The molecule has 0 aromatic carbocycles. The number of aromatic carboxylic acids is 1. The third kappa shape index (κ3) is 3.14. The Morgan fingerprint density at radius 1 is 1.65 bits per heavy atom. The number of carboxylic acid groups (broad SMARTS) is 1. The minimum absolute atomic E-state index is 0.0801. The van der Waals surface area contributed by atoms with Crippen LogP contribution in [0.2, 0.25) is 5.15 Å². The number of hydrogen-bond acceptors (Lipinski definition) is 3. The van der Waals surface area contributed by atoms with Gasteiger partial charge in [-0.05, 0) is 24.1 Å². The number of carbonyl (C=O) groups is 1. The Bertz CT molecular complexity index is 441. The van der Waals surface area contributed by atoms with Crippen molar-refractivity contribution in [3.63, 3.8) is 0 Å². The largest absolute Gasteiger partial charge is 0.477 e. The Balaban J connectivity index is 2.12. The van der Waals surface area contributed by atoms with Gasteiger partial charge >= 0.3 is 5.97 Å². The average Bonchev–Trinajstić information content (AvgIpc) is 2.63. The number of likely N-dealkylation sites (tertiary alicyclic amines) is 1. The number of nitrogens with zero attached hydrogens (tertiary/aromatic N) is 2. The lowest BCUT2D eigenvalue weighted by molar-refractivity contribution is 0.0690. The molecule has 0 radical (unpaired) electrons. The van der Waals surface area contributed by atoms with Crippen LogP contribution in [-0.4, -0.2) is 40.2 Å². The van der Waals surface area contributed by atoms with Crippen LogP contribution < -0.4 is 0 Å². The van der Waals surface area contributed by atoms with E-state index in [0.717, 1.165) is 5.56 Å². The van der Waals surface area contributed by atoms with Crippen molar-refractivity contribution in [1.82, 2.24) is 9.88 Å². The number of hydrogen-bond donors (Lipinski definition) is 1. The summed E-state index contributed by atoms with van der Waals surface area (Å²) in [5, 5.41) is 8.99. The van der Waals surface area contributed by atoms with Crippen LogP contribution in [0.1, 0.15) is 22.5 Å². The highest BCUT2D eigenvalue weighted by Crippen LogP contribution is 2.18. The Hall–Kier alpha value is -1.20. The zero-order valence-corrected chi connectivity index (χ0v) is 9.82. The van der Waals surface area contributed by atoms with Gasteiger partial charge in [-0.25, -0.2) is 14.2 Å². The second kappa shape index (κ2) is 4.98. The molecule has 0 aliphatic carbocycles. The molecule has 1 aliphatic rings. The number of halogens is 2. The minimum Gasteiger partial charge on any atom is -0.477 e. The monoisotopic (exact) mass is 258 g/mol. The highest BCUT2D eigenvalue weighted by Gasteiger charge is 2.22. The highest BCUT2D eigenvalue weighted by atomic mass is 35.5. The summed E-state index contributed by atoms with van der Waals surface area (Å²) in [6.45, 7) is 1.58. The maximum atomic E-state index is 13.0. The van der Waals surface area contributed by atoms with Crippen molar-refractivity contribution >= 4 is 17.6 Å². The van der Waals surface area contributed by atoms with E-state index in [1.807, 2.05) is 4.90 Å². The van der Waals surface area contributed by atoms with Gasteiger partial charge in [-0.15, -0.1) is 0 Å². The lowest BCUT2D eigenvalue weighted by Gasteiger charge is -2.14. The quantitative estimate of drug-likeness (QED) is 0.843. The molecule has 1 atom stereocenters. The van der Waals surface area contributed by atoms with Crippen LogP contribution in [0.3, 0.4) is 0 Å². The number of carboxylic acids is 1. The predicted molar refractivity (Wildman–Crippen MR) is 61.0 cm³/mol. The van der Waals surface area contributed by atoms with Crippen LogP contribution in [0.15, 0.2) is 12.1 Å². The van der Waals surface area contributed by atoms with Crippen molar-refractivity contribution in [1.29, 1.82) is 0 Å². The molecule has 0 spiro atoms. The van der Waals surface area contributed by atoms with Gasteiger partial charge in [0.2, 0.25) is 0 Å². The van der Waals surface area contributed by atoms with Gasteiger partial charge in [-0.2, -0.15) is 0 Å².